The van der Waals surface area contributed by atoms with Gasteiger partial charge < -0.3 is 4.74 Å². The Bertz CT molecular complexity index is 768. The van der Waals surface area contributed by atoms with Gasteiger partial charge in [-0.05, 0) is 73.1 Å². The van der Waals surface area contributed by atoms with Crippen molar-refractivity contribution in [2.75, 3.05) is 6.61 Å². The lowest BCUT2D eigenvalue weighted by Gasteiger charge is -2.27. The lowest BCUT2D eigenvalue weighted by molar-refractivity contribution is 0.259. The molecule has 29 heavy (non-hydrogen) atoms. The van der Waals surface area contributed by atoms with Crippen LogP contribution < -0.4 is 4.74 Å². The quantitative estimate of drug-likeness (QED) is 0.338. The van der Waals surface area contributed by atoms with Crippen molar-refractivity contribution >= 4 is 0 Å². The fourth-order valence-corrected chi connectivity index (χ4v) is 4.17. The fraction of sp³-hybridized carbons (Fsp3) is 0.500. The lowest BCUT2D eigenvalue weighted by Crippen LogP contribution is -2.14. The van der Waals surface area contributed by atoms with E-state index in [4.69, 9.17) is 4.74 Å². The van der Waals surface area contributed by atoms with Crippen molar-refractivity contribution in [3.05, 3.63) is 65.2 Å². The van der Waals surface area contributed by atoms with Crippen molar-refractivity contribution in [2.45, 2.75) is 71.6 Å². The highest BCUT2D eigenvalue weighted by molar-refractivity contribution is 5.44. The molecular weight excluding hydrogens is 352 g/mol. The van der Waals surface area contributed by atoms with E-state index >= 15 is 0 Å². The van der Waals surface area contributed by atoms with Crippen LogP contribution in [0.5, 0.6) is 5.75 Å². The molecule has 0 N–H and O–H groups in total. The van der Waals surface area contributed by atoms with Crippen LogP contribution in [0.3, 0.4) is 0 Å². The first-order valence-electron chi connectivity index (χ1n) is 11.6. The largest absolute Gasteiger partial charge is 0.494 e. The molecule has 1 aliphatic carbocycles. The summed E-state index contributed by atoms with van der Waals surface area (Å²) in [5, 5.41) is 0. The van der Waals surface area contributed by atoms with E-state index < -0.39 is 0 Å². The van der Waals surface area contributed by atoms with Crippen LogP contribution in [0.1, 0.15) is 81.9 Å². The zero-order valence-corrected chi connectivity index (χ0v) is 18.3. The van der Waals surface area contributed by atoms with E-state index in [0.717, 1.165) is 48.2 Å². The summed E-state index contributed by atoms with van der Waals surface area (Å²) < 4.78 is 5.71. The SMILES string of the molecule is CCCCOc1ccc(C#Cc2ccc(CCC3CCC(CC)CC3)cc2)cc1. The summed E-state index contributed by atoms with van der Waals surface area (Å²) in [6.07, 6.45) is 11.9. The van der Waals surface area contributed by atoms with Gasteiger partial charge in [0.15, 0.2) is 0 Å². The van der Waals surface area contributed by atoms with E-state index in [1.807, 2.05) is 24.3 Å². The Labute approximate surface area is 177 Å². The second kappa shape index (κ2) is 11.7. The van der Waals surface area contributed by atoms with Crippen molar-refractivity contribution in [1.29, 1.82) is 0 Å². The molecule has 1 fully saturated rings. The third kappa shape index (κ3) is 7.28. The van der Waals surface area contributed by atoms with Gasteiger partial charge in [-0.15, -0.1) is 0 Å². The molecule has 0 unspecified atom stereocenters. The Morgan fingerprint density at radius 1 is 0.793 bits per heavy atom. The Morgan fingerprint density at radius 3 is 1.97 bits per heavy atom. The maximum absolute atomic E-state index is 5.71. The molecule has 154 valence electrons. The molecule has 0 aliphatic heterocycles. The summed E-state index contributed by atoms with van der Waals surface area (Å²) in [6, 6.07) is 16.9. The average Bonchev–Trinajstić information content (AvgIpc) is 2.78. The number of rotatable bonds is 8. The highest BCUT2D eigenvalue weighted by Crippen LogP contribution is 2.33. The first kappa shape index (κ1) is 21.5. The van der Waals surface area contributed by atoms with E-state index in [2.05, 4.69) is 50.0 Å². The first-order valence-corrected chi connectivity index (χ1v) is 11.6. The van der Waals surface area contributed by atoms with Gasteiger partial charge in [0, 0.05) is 11.1 Å². The molecule has 2 aromatic rings. The van der Waals surface area contributed by atoms with Gasteiger partial charge in [0.2, 0.25) is 0 Å². The van der Waals surface area contributed by atoms with Crippen molar-refractivity contribution in [3.63, 3.8) is 0 Å². The highest BCUT2D eigenvalue weighted by atomic mass is 16.5. The molecule has 0 spiro atoms. The van der Waals surface area contributed by atoms with Gasteiger partial charge in [0.05, 0.1) is 6.61 Å². The zero-order chi connectivity index (χ0) is 20.3. The van der Waals surface area contributed by atoms with E-state index in [0.29, 0.717) is 0 Å². The van der Waals surface area contributed by atoms with Crippen LogP contribution in [0.25, 0.3) is 0 Å². The van der Waals surface area contributed by atoms with E-state index in [1.165, 1.54) is 50.5 Å². The van der Waals surface area contributed by atoms with Crippen LogP contribution in [0.4, 0.5) is 0 Å². The predicted octanol–water partition coefficient (Wildman–Crippen LogP) is 7.41. The number of hydrogen-bond acceptors (Lipinski definition) is 1. The molecular formula is C28H36O. The smallest absolute Gasteiger partial charge is 0.119 e. The second-order valence-corrected chi connectivity index (χ2v) is 8.51. The fourth-order valence-electron chi connectivity index (χ4n) is 4.17. The molecule has 1 aliphatic rings. The molecule has 0 aromatic heterocycles. The standard InChI is InChI=1S/C28H36O/c1-3-5-22-29-28-20-18-27(19-21-28)17-16-26-14-12-25(13-15-26)11-10-24-8-6-23(4-2)7-9-24/h12-15,18-21,23-24H,3-11,22H2,1-2H3. The lowest BCUT2D eigenvalue weighted by atomic mass is 9.78. The molecule has 3 rings (SSSR count). The van der Waals surface area contributed by atoms with E-state index in [-0.39, 0.29) is 0 Å². The minimum atomic E-state index is 0.786. The average molecular weight is 389 g/mol. The summed E-state index contributed by atoms with van der Waals surface area (Å²) in [6.45, 7) is 5.30. The zero-order valence-electron chi connectivity index (χ0n) is 18.3. The molecule has 1 heteroatoms. The number of unbranched alkanes of at least 4 members (excludes halogenated alkanes) is 1. The molecule has 0 radical (unpaired) electrons. The third-order valence-corrected chi connectivity index (χ3v) is 6.31. The Kier molecular flexibility index (Phi) is 8.69. The molecule has 0 atom stereocenters. The van der Waals surface area contributed by atoms with Crippen molar-refractivity contribution in [2.24, 2.45) is 11.8 Å². The monoisotopic (exact) mass is 388 g/mol. The maximum atomic E-state index is 5.71. The van der Waals surface area contributed by atoms with Gasteiger partial charge in [-0.1, -0.05) is 76.3 Å². The Balaban J connectivity index is 1.46. The number of benzene rings is 2. The van der Waals surface area contributed by atoms with Gasteiger partial charge in [0.1, 0.15) is 5.75 Å². The topological polar surface area (TPSA) is 9.23 Å². The maximum Gasteiger partial charge on any atom is 0.119 e. The summed E-state index contributed by atoms with van der Waals surface area (Å²) in [7, 11) is 0. The third-order valence-electron chi connectivity index (χ3n) is 6.31. The molecule has 2 aromatic carbocycles. The normalized spacial score (nSPS) is 18.7. The summed E-state index contributed by atoms with van der Waals surface area (Å²) in [5.74, 6) is 9.41. The molecule has 0 heterocycles. The predicted molar refractivity (Wildman–Crippen MR) is 123 cm³/mol. The van der Waals surface area contributed by atoms with Crippen molar-refractivity contribution in [1.82, 2.24) is 0 Å². The van der Waals surface area contributed by atoms with Crippen LogP contribution in [0.15, 0.2) is 48.5 Å². The van der Waals surface area contributed by atoms with Gasteiger partial charge in [-0.25, -0.2) is 0 Å². The summed E-state index contributed by atoms with van der Waals surface area (Å²) in [5.41, 5.74) is 3.56. The number of hydrogen-bond donors (Lipinski definition) is 0. The van der Waals surface area contributed by atoms with Crippen LogP contribution in [0.2, 0.25) is 0 Å². The minimum absolute atomic E-state index is 0.786. The second-order valence-electron chi connectivity index (χ2n) is 8.51. The van der Waals surface area contributed by atoms with Gasteiger partial charge in [-0.3, -0.25) is 0 Å². The van der Waals surface area contributed by atoms with Crippen LogP contribution in [0, 0.1) is 23.7 Å². The van der Waals surface area contributed by atoms with E-state index in [9.17, 15) is 0 Å². The molecule has 0 saturated heterocycles. The Morgan fingerprint density at radius 2 is 1.38 bits per heavy atom. The highest BCUT2D eigenvalue weighted by Gasteiger charge is 2.19. The molecule has 0 bridgehead atoms. The number of aryl methyl sites for hydroxylation is 1. The summed E-state index contributed by atoms with van der Waals surface area (Å²) in [4.78, 5) is 0. The molecule has 1 saturated carbocycles. The Hall–Kier alpha value is -2.20. The van der Waals surface area contributed by atoms with Crippen LogP contribution >= 0.6 is 0 Å². The van der Waals surface area contributed by atoms with Crippen LogP contribution in [-0.2, 0) is 6.42 Å². The van der Waals surface area contributed by atoms with Crippen LogP contribution in [-0.4, -0.2) is 6.61 Å². The van der Waals surface area contributed by atoms with Gasteiger partial charge in [0.25, 0.3) is 0 Å². The van der Waals surface area contributed by atoms with E-state index in [1.54, 1.807) is 0 Å². The van der Waals surface area contributed by atoms with Gasteiger partial charge >= 0.3 is 0 Å². The van der Waals surface area contributed by atoms with Gasteiger partial charge in [-0.2, -0.15) is 0 Å². The molecule has 1 nitrogen and oxygen atoms in total. The number of ether oxygens (including phenoxy) is 1. The van der Waals surface area contributed by atoms with Crippen molar-refractivity contribution in [3.8, 4) is 17.6 Å². The minimum Gasteiger partial charge on any atom is -0.494 e. The van der Waals surface area contributed by atoms with Crippen molar-refractivity contribution < 1.29 is 4.74 Å². The summed E-state index contributed by atoms with van der Waals surface area (Å²) >= 11 is 0. The molecule has 0 amide bonds. The first-order chi connectivity index (χ1) is 14.3.